The number of nitrogens with one attached hydrogen (secondary N) is 3. The molecule has 214 valence electrons. The van der Waals surface area contributed by atoms with Gasteiger partial charge in [-0.15, -0.1) is 0 Å². The number of aromatic amines is 1. The quantitative estimate of drug-likeness (QED) is 0.329. The number of anilines is 2. The number of hydrogen-bond acceptors (Lipinski definition) is 5. The third kappa shape index (κ3) is 5.83. The first-order valence-corrected chi connectivity index (χ1v) is 13.9. The predicted octanol–water partition coefficient (Wildman–Crippen LogP) is 6.47. The molecular formula is C30H31ClFN5O4. The second kappa shape index (κ2) is 11.7. The number of carbonyl (C=O) groups is 3. The molecule has 2 unspecified atom stereocenters. The SMILES string of the molecule is COC(=O)Nc1ccc2c(c1)NC(=O)C(C)CCCC(N1CCC(c3cccc(Cl)c3F)=CC1=O)c1nc-2c(C)[nH]1. The van der Waals surface area contributed by atoms with E-state index in [2.05, 4.69) is 15.6 Å². The van der Waals surface area contributed by atoms with E-state index in [4.69, 9.17) is 21.3 Å². The minimum absolute atomic E-state index is 0.0165. The summed E-state index contributed by atoms with van der Waals surface area (Å²) in [6, 6.07) is 9.57. The Morgan fingerprint density at radius 3 is 2.76 bits per heavy atom. The third-order valence-corrected chi connectivity index (χ3v) is 7.91. The monoisotopic (exact) mass is 579 g/mol. The van der Waals surface area contributed by atoms with Crippen LogP contribution >= 0.6 is 11.6 Å². The fourth-order valence-corrected chi connectivity index (χ4v) is 5.55. The van der Waals surface area contributed by atoms with Crippen LogP contribution in [0.4, 0.5) is 20.6 Å². The smallest absolute Gasteiger partial charge is 0.411 e. The molecule has 0 saturated carbocycles. The number of aromatic nitrogens is 2. The molecule has 11 heteroatoms. The number of fused-ring (bicyclic) bond motifs is 4. The minimum Gasteiger partial charge on any atom is -0.453 e. The van der Waals surface area contributed by atoms with Gasteiger partial charge in [-0.25, -0.2) is 14.2 Å². The van der Waals surface area contributed by atoms with Crippen molar-refractivity contribution in [2.75, 3.05) is 24.3 Å². The Bertz CT molecular complexity index is 1550. The summed E-state index contributed by atoms with van der Waals surface area (Å²) in [5.74, 6) is -0.578. The maximum absolute atomic E-state index is 14.7. The van der Waals surface area contributed by atoms with E-state index in [9.17, 15) is 18.8 Å². The molecule has 2 atom stereocenters. The lowest BCUT2D eigenvalue weighted by Gasteiger charge is -2.33. The van der Waals surface area contributed by atoms with Crippen LogP contribution in [0.5, 0.6) is 0 Å². The van der Waals surface area contributed by atoms with E-state index in [-0.39, 0.29) is 28.8 Å². The molecule has 0 spiro atoms. The molecule has 0 saturated heterocycles. The Morgan fingerprint density at radius 2 is 2.00 bits per heavy atom. The van der Waals surface area contributed by atoms with Crippen molar-refractivity contribution < 1.29 is 23.5 Å². The van der Waals surface area contributed by atoms with Crippen LogP contribution in [0, 0.1) is 18.7 Å². The van der Waals surface area contributed by atoms with Gasteiger partial charge >= 0.3 is 6.09 Å². The minimum atomic E-state index is -0.625. The Morgan fingerprint density at radius 1 is 1.20 bits per heavy atom. The van der Waals surface area contributed by atoms with Gasteiger partial charge in [-0.1, -0.05) is 37.1 Å². The number of amides is 3. The highest BCUT2D eigenvalue weighted by Gasteiger charge is 2.32. The van der Waals surface area contributed by atoms with Gasteiger partial charge in [0.05, 0.1) is 29.6 Å². The second-order valence-electron chi connectivity index (χ2n) is 10.4. The van der Waals surface area contributed by atoms with Gasteiger partial charge in [-0.2, -0.15) is 0 Å². The zero-order valence-electron chi connectivity index (χ0n) is 23.0. The standard InChI is InChI=1S/C30H31ClFN5O4/c1-16-6-4-9-24(37-13-12-18(14-25(37)38)20-7-5-8-22(31)26(20)32)28-33-17(2)27(36-28)21-11-10-19(34-30(40)41-3)15-23(21)35-29(16)39/h5,7-8,10-11,14-16,24H,4,6,9,12-13H2,1-3H3,(H,33,36)(H,34,40)(H,35,39). The number of rotatable bonds is 3. The summed E-state index contributed by atoms with van der Waals surface area (Å²) in [5, 5.41) is 5.64. The molecule has 2 bridgehead atoms. The van der Waals surface area contributed by atoms with E-state index in [1.165, 1.54) is 19.3 Å². The first-order valence-electron chi connectivity index (χ1n) is 13.5. The zero-order chi connectivity index (χ0) is 29.3. The summed E-state index contributed by atoms with van der Waals surface area (Å²) in [7, 11) is 1.27. The van der Waals surface area contributed by atoms with Crippen LogP contribution < -0.4 is 10.6 Å². The van der Waals surface area contributed by atoms with E-state index in [0.717, 1.165) is 5.69 Å². The van der Waals surface area contributed by atoms with Crippen molar-refractivity contribution in [3.8, 4) is 11.3 Å². The summed E-state index contributed by atoms with van der Waals surface area (Å²) >= 11 is 5.98. The number of H-pyrrole nitrogens is 1. The molecule has 2 aromatic carbocycles. The molecular weight excluding hydrogens is 549 g/mol. The molecule has 5 rings (SSSR count). The maximum atomic E-state index is 14.7. The molecule has 0 radical (unpaired) electrons. The number of hydrogen-bond donors (Lipinski definition) is 3. The Kier molecular flexibility index (Phi) is 8.12. The van der Waals surface area contributed by atoms with E-state index < -0.39 is 11.9 Å². The van der Waals surface area contributed by atoms with Crippen LogP contribution in [0.2, 0.25) is 5.02 Å². The number of aryl methyl sites for hydroxylation is 1. The Hall–Kier alpha value is -4.18. The molecule has 1 aromatic heterocycles. The molecule has 41 heavy (non-hydrogen) atoms. The molecule has 0 fully saturated rings. The first-order chi connectivity index (χ1) is 19.7. The van der Waals surface area contributed by atoms with Crippen molar-refractivity contribution in [2.45, 2.75) is 45.6 Å². The highest BCUT2D eigenvalue weighted by Crippen LogP contribution is 2.37. The van der Waals surface area contributed by atoms with Gasteiger partial charge in [0.2, 0.25) is 11.8 Å². The number of nitrogens with zero attached hydrogens (tertiary/aromatic N) is 2. The molecule has 9 nitrogen and oxygen atoms in total. The van der Waals surface area contributed by atoms with Crippen LogP contribution in [0.1, 0.15) is 55.7 Å². The Labute approximate surface area is 242 Å². The van der Waals surface area contributed by atoms with Gasteiger partial charge < -0.3 is 19.9 Å². The number of benzene rings is 2. The highest BCUT2D eigenvalue weighted by molar-refractivity contribution is 6.31. The summed E-state index contributed by atoms with van der Waals surface area (Å²) in [6.07, 6.45) is 3.19. The fraction of sp³-hybridized carbons (Fsp3) is 0.333. The lowest BCUT2D eigenvalue weighted by molar-refractivity contribution is -0.129. The molecule has 3 N–H and O–H groups in total. The van der Waals surface area contributed by atoms with Gasteiger partial charge in [0.15, 0.2) is 0 Å². The summed E-state index contributed by atoms with van der Waals surface area (Å²) < 4.78 is 19.4. The van der Waals surface area contributed by atoms with Crippen molar-refractivity contribution in [1.29, 1.82) is 0 Å². The number of halogens is 2. The van der Waals surface area contributed by atoms with Gasteiger partial charge in [-0.05, 0) is 56.0 Å². The van der Waals surface area contributed by atoms with E-state index >= 15 is 0 Å². The normalized spacial score (nSPS) is 19.3. The Balaban J connectivity index is 1.52. The molecule has 2 aliphatic rings. The van der Waals surface area contributed by atoms with Crippen LogP contribution in [-0.2, 0) is 14.3 Å². The molecule has 0 aliphatic carbocycles. The fourth-order valence-electron chi connectivity index (χ4n) is 5.38. The zero-order valence-corrected chi connectivity index (χ0v) is 23.8. The molecule has 3 heterocycles. The highest BCUT2D eigenvalue weighted by atomic mass is 35.5. The number of methoxy groups -OCH3 is 1. The summed E-state index contributed by atoms with van der Waals surface area (Å²) in [4.78, 5) is 48.4. The lowest BCUT2D eigenvalue weighted by Crippen LogP contribution is -2.38. The first kappa shape index (κ1) is 28.4. The number of carbonyl (C=O) groups excluding carboxylic acids is 3. The van der Waals surface area contributed by atoms with Crippen molar-refractivity contribution in [1.82, 2.24) is 14.9 Å². The molecule has 3 aromatic rings. The van der Waals surface area contributed by atoms with Crippen molar-refractivity contribution in [3.63, 3.8) is 0 Å². The lowest BCUT2D eigenvalue weighted by atomic mass is 9.95. The van der Waals surface area contributed by atoms with Crippen LogP contribution in [-0.4, -0.2) is 46.4 Å². The molecule has 2 aliphatic heterocycles. The van der Waals surface area contributed by atoms with Crippen LogP contribution in [0.3, 0.4) is 0 Å². The van der Waals surface area contributed by atoms with E-state index in [1.54, 1.807) is 35.2 Å². The third-order valence-electron chi connectivity index (χ3n) is 7.62. The average Bonchev–Trinajstić information content (AvgIpc) is 3.33. The van der Waals surface area contributed by atoms with Gasteiger partial charge in [0.1, 0.15) is 11.6 Å². The van der Waals surface area contributed by atoms with Gasteiger partial charge in [0.25, 0.3) is 0 Å². The van der Waals surface area contributed by atoms with Crippen LogP contribution in [0.15, 0.2) is 42.5 Å². The predicted molar refractivity (Wildman–Crippen MR) is 155 cm³/mol. The van der Waals surface area contributed by atoms with E-state index in [1.807, 2.05) is 13.8 Å². The largest absolute Gasteiger partial charge is 0.453 e. The maximum Gasteiger partial charge on any atom is 0.411 e. The summed E-state index contributed by atoms with van der Waals surface area (Å²) in [5.41, 5.74) is 3.95. The van der Waals surface area contributed by atoms with Crippen molar-refractivity contribution in [2.24, 2.45) is 5.92 Å². The van der Waals surface area contributed by atoms with Crippen molar-refractivity contribution in [3.05, 3.63) is 70.4 Å². The topological polar surface area (TPSA) is 116 Å². The van der Waals surface area contributed by atoms with Crippen molar-refractivity contribution >= 4 is 46.5 Å². The van der Waals surface area contributed by atoms with Gasteiger partial charge in [-0.3, -0.25) is 14.9 Å². The second-order valence-corrected chi connectivity index (χ2v) is 10.8. The number of ether oxygens (including phenoxy) is 1. The number of imidazole rings is 1. The van der Waals surface area contributed by atoms with Crippen LogP contribution in [0.25, 0.3) is 16.8 Å². The molecule has 3 amide bonds. The van der Waals surface area contributed by atoms with E-state index in [0.29, 0.717) is 71.8 Å². The van der Waals surface area contributed by atoms with Gasteiger partial charge in [0, 0.05) is 41.0 Å². The summed E-state index contributed by atoms with van der Waals surface area (Å²) in [6.45, 7) is 4.13. The average molecular weight is 580 g/mol.